The van der Waals surface area contributed by atoms with Crippen LogP contribution < -0.4 is 0 Å². The Labute approximate surface area is 272 Å². The lowest BCUT2D eigenvalue weighted by Crippen LogP contribution is -2.32. The van der Waals surface area contributed by atoms with Crippen LogP contribution in [0.15, 0.2) is 23.3 Å². The molecular formula is C34H60Cl2O7. The maximum absolute atomic E-state index is 11.4. The molecule has 4 atom stereocenters. The van der Waals surface area contributed by atoms with Crippen molar-refractivity contribution in [3.05, 3.63) is 23.3 Å². The second-order valence-electron chi connectivity index (χ2n) is 12.4. The third-order valence-corrected chi connectivity index (χ3v) is 7.93. The lowest BCUT2D eigenvalue weighted by atomic mass is 9.98. The molecule has 4 unspecified atom stereocenters. The average molecular weight is 652 g/mol. The molecule has 0 bridgehead atoms. The van der Waals surface area contributed by atoms with Crippen molar-refractivity contribution >= 4 is 35.1 Å². The van der Waals surface area contributed by atoms with Gasteiger partial charge >= 0.3 is 11.9 Å². The van der Waals surface area contributed by atoms with Crippen molar-refractivity contribution in [3.8, 4) is 0 Å². The SMILES string of the molecule is COC(=O)CCC(C)=CCCC(CCl)CC(OCC(C)C)OC(CC(CCl)CCC=C(C)CCC(=O)OC)OCC(C)C. The van der Waals surface area contributed by atoms with Crippen molar-refractivity contribution in [2.75, 3.05) is 39.2 Å². The van der Waals surface area contributed by atoms with Crippen LogP contribution in [0.2, 0.25) is 0 Å². The summed E-state index contributed by atoms with van der Waals surface area (Å²) in [6.45, 7) is 13.7. The Hall–Kier alpha value is -1.12. The number of allylic oxidation sites excluding steroid dienone is 4. The molecule has 43 heavy (non-hydrogen) atoms. The Morgan fingerprint density at radius 2 is 1.02 bits per heavy atom. The van der Waals surface area contributed by atoms with Crippen molar-refractivity contribution in [1.29, 1.82) is 0 Å². The minimum atomic E-state index is -0.441. The molecule has 7 nitrogen and oxygen atoms in total. The van der Waals surface area contributed by atoms with Gasteiger partial charge in [0.15, 0.2) is 12.6 Å². The van der Waals surface area contributed by atoms with Gasteiger partial charge in [-0.3, -0.25) is 9.59 Å². The molecule has 0 aliphatic heterocycles. The highest BCUT2D eigenvalue weighted by Gasteiger charge is 2.25. The number of esters is 2. The number of hydrogen-bond donors (Lipinski definition) is 0. The predicted octanol–water partition coefficient (Wildman–Crippen LogP) is 8.85. The quantitative estimate of drug-likeness (QED) is 0.0400. The molecule has 0 aliphatic carbocycles. The fourth-order valence-electron chi connectivity index (χ4n) is 4.29. The van der Waals surface area contributed by atoms with E-state index in [4.69, 9.17) is 46.9 Å². The van der Waals surface area contributed by atoms with Gasteiger partial charge in [0.1, 0.15) is 0 Å². The van der Waals surface area contributed by atoms with Gasteiger partial charge in [-0.05, 0) is 76.0 Å². The summed E-state index contributed by atoms with van der Waals surface area (Å²) in [5.41, 5.74) is 2.34. The number of rotatable bonds is 26. The number of ether oxygens (including phenoxy) is 5. The van der Waals surface area contributed by atoms with E-state index in [1.54, 1.807) is 0 Å². The first-order chi connectivity index (χ1) is 20.4. The van der Waals surface area contributed by atoms with Crippen LogP contribution in [0.4, 0.5) is 0 Å². The van der Waals surface area contributed by atoms with Gasteiger partial charge in [0.2, 0.25) is 0 Å². The van der Waals surface area contributed by atoms with E-state index in [0.29, 0.717) is 75.3 Å². The maximum atomic E-state index is 11.4. The fourth-order valence-corrected chi connectivity index (χ4v) is 4.85. The summed E-state index contributed by atoms with van der Waals surface area (Å²) in [5, 5.41) is 0. The number of hydrogen-bond acceptors (Lipinski definition) is 7. The summed E-state index contributed by atoms with van der Waals surface area (Å²) in [5.74, 6) is 1.75. The van der Waals surface area contributed by atoms with E-state index in [1.807, 2.05) is 13.8 Å². The van der Waals surface area contributed by atoms with Crippen LogP contribution in [0, 0.1) is 23.7 Å². The van der Waals surface area contributed by atoms with Crippen molar-refractivity contribution in [2.45, 2.75) is 118 Å². The summed E-state index contributed by atoms with van der Waals surface area (Å²) < 4.78 is 28.5. The summed E-state index contributed by atoms with van der Waals surface area (Å²) in [6.07, 6.45) is 10.5. The normalized spacial score (nSPS) is 15.4. The zero-order valence-corrected chi connectivity index (χ0v) is 29.6. The fraction of sp³-hybridized carbons (Fsp3) is 0.824. The van der Waals surface area contributed by atoms with Crippen molar-refractivity contribution in [2.24, 2.45) is 23.7 Å². The lowest BCUT2D eigenvalue weighted by Gasteiger charge is -2.30. The zero-order valence-electron chi connectivity index (χ0n) is 28.1. The molecule has 0 spiro atoms. The Bertz CT molecular complexity index is 734. The topological polar surface area (TPSA) is 80.3 Å². The van der Waals surface area contributed by atoms with Crippen LogP contribution in [0.3, 0.4) is 0 Å². The van der Waals surface area contributed by atoms with Gasteiger partial charge in [0.25, 0.3) is 0 Å². The number of carbonyl (C=O) groups excluding carboxylic acids is 2. The molecule has 0 aromatic heterocycles. The Balaban J connectivity index is 5.34. The number of alkyl halides is 2. The van der Waals surface area contributed by atoms with Crippen LogP contribution >= 0.6 is 23.2 Å². The smallest absolute Gasteiger partial charge is 0.305 e. The molecule has 0 heterocycles. The summed E-state index contributed by atoms with van der Waals surface area (Å²) in [6, 6.07) is 0. The molecule has 0 fully saturated rings. The third-order valence-electron chi connectivity index (χ3n) is 7.06. The molecule has 252 valence electrons. The first-order valence-corrected chi connectivity index (χ1v) is 17.0. The van der Waals surface area contributed by atoms with E-state index in [2.05, 4.69) is 39.8 Å². The molecule has 0 saturated carbocycles. The highest BCUT2D eigenvalue weighted by molar-refractivity contribution is 6.18. The van der Waals surface area contributed by atoms with Gasteiger partial charge in [0.05, 0.1) is 27.4 Å². The number of carbonyl (C=O) groups is 2. The van der Waals surface area contributed by atoms with E-state index in [9.17, 15) is 9.59 Å². The van der Waals surface area contributed by atoms with Gasteiger partial charge < -0.3 is 23.7 Å². The van der Waals surface area contributed by atoms with Crippen LogP contribution in [-0.4, -0.2) is 63.7 Å². The van der Waals surface area contributed by atoms with Crippen LogP contribution in [0.25, 0.3) is 0 Å². The predicted molar refractivity (Wildman–Crippen MR) is 176 cm³/mol. The average Bonchev–Trinajstić information content (AvgIpc) is 2.98. The molecule has 0 N–H and O–H groups in total. The highest BCUT2D eigenvalue weighted by atomic mass is 35.5. The molecule has 0 aliphatic rings. The Morgan fingerprint density at radius 1 is 0.651 bits per heavy atom. The minimum absolute atomic E-state index is 0.193. The first kappa shape index (κ1) is 41.9. The van der Waals surface area contributed by atoms with Gasteiger partial charge in [-0.2, -0.15) is 0 Å². The molecule has 0 rings (SSSR count). The van der Waals surface area contributed by atoms with Crippen molar-refractivity contribution < 1.29 is 33.3 Å². The van der Waals surface area contributed by atoms with Gasteiger partial charge in [-0.25, -0.2) is 0 Å². The Morgan fingerprint density at radius 3 is 1.33 bits per heavy atom. The molecule has 0 aromatic rings. The van der Waals surface area contributed by atoms with Gasteiger partial charge in [-0.1, -0.05) is 51.0 Å². The molecule has 0 amide bonds. The number of methoxy groups -OCH3 is 2. The largest absolute Gasteiger partial charge is 0.469 e. The van der Waals surface area contributed by atoms with E-state index < -0.39 is 12.6 Å². The first-order valence-electron chi connectivity index (χ1n) is 15.9. The van der Waals surface area contributed by atoms with Crippen molar-refractivity contribution in [3.63, 3.8) is 0 Å². The van der Waals surface area contributed by atoms with Crippen LogP contribution in [0.5, 0.6) is 0 Å². The van der Waals surface area contributed by atoms with E-state index in [0.717, 1.165) is 25.7 Å². The molecule has 0 aromatic carbocycles. The summed E-state index contributed by atoms with van der Waals surface area (Å²) in [7, 11) is 2.83. The van der Waals surface area contributed by atoms with Gasteiger partial charge in [0, 0.05) is 37.4 Å². The molecule has 9 heteroatoms. The Kier molecular flexibility index (Phi) is 25.5. The minimum Gasteiger partial charge on any atom is -0.469 e. The molecule has 0 saturated heterocycles. The van der Waals surface area contributed by atoms with E-state index in [-0.39, 0.29) is 23.8 Å². The van der Waals surface area contributed by atoms with Crippen LogP contribution in [-0.2, 0) is 33.3 Å². The van der Waals surface area contributed by atoms with Crippen molar-refractivity contribution in [1.82, 2.24) is 0 Å². The second-order valence-corrected chi connectivity index (χ2v) is 13.0. The van der Waals surface area contributed by atoms with Gasteiger partial charge in [-0.15, -0.1) is 23.2 Å². The van der Waals surface area contributed by atoms with Crippen LogP contribution in [0.1, 0.15) is 106 Å². The highest BCUT2D eigenvalue weighted by Crippen LogP contribution is 2.25. The second kappa shape index (κ2) is 26.1. The number of halogens is 2. The molecular weight excluding hydrogens is 591 g/mol. The monoisotopic (exact) mass is 650 g/mol. The van der Waals surface area contributed by atoms with E-state index in [1.165, 1.54) is 25.4 Å². The van der Waals surface area contributed by atoms with E-state index >= 15 is 0 Å². The zero-order chi connectivity index (χ0) is 32.6. The standard InChI is InChI=1S/C34H60Cl2O7/c1-25(2)23-41-33(19-29(21-35)13-9-11-27(5)15-17-31(37)39-7)43-34(42-24-26(3)4)20-30(22-36)14-10-12-28(6)16-18-32(38)40-8/h11-12,25-26,29-30,33-34H,9-10,13-24H2,1-8H3. The lowest BCUT2D eigenvalue weighted by molar-refractivity contribution is -0.259. The summed E-state index contributed by atoms with van der Waals surface area (Å²) in [4.78, 5) is 22.9. The summed E-state index contributed by atoms with van der Waals surface area (Å²) >= 11 is 12.8. The maximum Gasteiger partial charge on any atom is 0.305 e. The molecule has 0 radical (unpaired) electrons. The third kappa shape index (κ3) is 23.9.